The Morgan fingerprint density at radius 3 is 2.31 bits per heavy atom. The number of aliphatic hydroxyl groups is 2. The van der Waals surface area contributed by atoms with Crippen molar-refractivity contribution in [3.8, 4) is 5.75 Å². The summed E-state index contributed by atoms with van der Waals surface area (Å²) >= 11 is 0. The summed E-state index contributed by atoms with van der Waals surface area (Å²) in [4.78, 5) is 0. The van der Waals surface area contributed by atoms with E-state index in [1.54, 1.807) is 18.2 Å². The van der Waals surface area contributed by atoms with Crippen LogP contribution in [0.15, 0.2) is 78.4 Å². The topological polar surface area (TPSA) is 60.7 Å². The van der Waals surface area contributed by atoms with Crippen molar-refractivity contribution >= 4 is 11.6 Å². The highest BCUT2D eigenvalue weighted by atomic mass is 16.3. The molecule has 0 aliphatic carbocycles. The van der Waals surface area contributed by atoms with E-state index in [9.17, 15) is 10.2 Å². The van der Waals surface area contributed by atoms with E-state index in [1.807, 2.05) is 49.4 Å². The average Bonchev–Trinajstić information content (AvgIpc) is 2.65. The first-order valence-electron chi connectivity index (χ1n) is 8.71. The van der Waals surface area contributed by atoms with Crippen molar-refractivity contribution in [3.63, 3.8) is 0 Å². The van der Waals surface area contributed by atoms with Gasteiger partial charge in [0.25, 0.3) is 0 Å². The second-order valence-corrected chi connectivity index (χ2v) is 6.30. The minimum Gasteiger partial charge on any atom is -0.508 e. The van der Waals surface area contributed by atoms with Gasteiger partial charge in [-0.1, -0.05) is 66.8 Å². The van der Waals surface area contributed by atoms with Crippen LogP contribution >= 0.6 is 0 Å². The molecule has 0 bridgehead atoms. The smallest absolute Gasteiger partial charge is 0.115 e. The molecule has 0 amide bonds. The second kappa shape index (κ2) is 9.76. The number of hydrogen-bond donors (Lipinski definition) is 3. The summed E-state index contributed by atoms with van der Waals surface area (Å²) in [5.74, 6) is 0.235. The summed E-state index contributed by atoms with van der Waals surface area (Å²) in [6, 6.07) is 17.1. The lowest BCUT2D eigenvalue weighted by Crippen LogP contribution is -2.12. The van der Waals surface area contributed by atoms with Gasteiger partial charge < -0.3 is 15.3 Å². The molecule has 2 aromatic carbocycles. The van der Waals surface area contributed by atoms with Crippen LogP contribution in [-0.4, -0.2) is 28.0 Å². The van der Waals surface area contributed by atoms with E-state index in [0.29, 0.717) is 18.4 Å². The highest BCUT2D eigenvalue weighted by molar-refractivity contribution is 5.81. The normalized spacial score (nSPS) is 13.5. The molecule has 1 unspecified atom stereocenters. The van der Waals surface area contributed by atoms with E-state index in [4.69, 9.17) is 5.11 Å². The Labute approximate surface area is 155 Å². The van der Waals surface area contributed by atoms with Crippen molar-refractivity contribution in [2.75, 3.05) is 6.61 Å². The molecular formula is C23H26O3. The molecule has 0 spiro atoms. The Bertz CT molecular complexity index is 771. The first-order chi connectivity index (χ1) is 12.5. The van der Waals surface area contributed by atoms with Crippen molar-refractivity contribution in [2.24, 2.45) is 0 Å². The Hall–Kier alpha value is -2.62. The van der Waals surface area contributed by atoms with Crippen LogP contribution in [0.5, 0.6) is 5.75 Å². The molecule has 136 valence electrons. The number of phenols is 1. The number of allylic oxidation sites excluding steroid dienone is 1. The van der Waals surface area contributed by atoms with Gasteiger partial charge in [-0.2, -0.15) is 0 Å². The molecule has 2 aromatic rings. The van der Waals surface area contributed by atoms with Crippen molar-refractivity contribution < 1.29 is 15.3 Å². The summed E-state index contributed by atoms with van der Waals surface area (Å²) < 4.78 is 0. The van der Waals surface area contributed by atoms with Gasteiger partial charge in [-0.05, 0) is 54.2 Å². The molecule has 3 nitrogen and oxygen atoms in total. The SMILES string of the molecule is C=C(C)/C(=C/CO)C(O)CC/C(=C/c1ccc(O)cc1)c1ccccc1. The van der Waals surface area contributed by atoms with Crippen LogP contribution in [0, 0.1) is 0 Å². The fourth-order valence-corrected chi connectivity index (χ4v) is 2.86. The van der Waals surface area contributed by atoms with Crippen LogP contribution in [0.1, 0.15) is 30.9 Å². The zero-order valence-corrected chi connectivity index (χ0v) is 15.1. The minimum absolute atomic E-state index is 0.117. The zero-order valence-electron chi connectivity index (χ0n) is 15.1. The molecule has 3 heteroatoms. The Kier molecular flexibility index (Phi) is 7.39. The van der Waals surface area contributed by atoms with Gasteiger partial charge in [-0.3, -0.25) is 0 Å². The third-order valence-electron chi connectivity index (χ3n) is 4.23. The van der Waals surface area contributed by atoms with Crippen molar-refractivity contribution in [2.45, 2.75) is 25.9 Å². The molecule has 0 saturated heterocycles. The van der Waals surface area contributed by atoms with E-state index < -0.39 is 6.10 Å². The molecule has 2 rings (SSSR count). The van der Waals surface area contributed by atoms with Crippen molar-refractivity contribution in [3.05, 3.63) is 89.5 Å². The largest absolute Gasteiger partial charge is 0.508 e. The summed E-state index contributed by atoms with van der Waals surface area (Å²) in [7, 11) is 0. The second-order valence-electron chi connectivity index (χ2n) is 6.30. The number of aliphatic hydroxyl groups excluding tert-OH is 2. The van der Waals surface area contributed by atoms with Gasteiger partial charge in [-0.15, -0.1) is 0 Å². The van der Waals surface area contributed by atoms with Crippen LogP contribution in [-0.2, 0) is 0 Å². The zero-order chi connectivity index (χ0) is 18.9. The lowest BCUT2D eigenvalue weighted by molar-refractivity contribution is 0.203. The lowest BCUT2D eigenvalue weighted by Gasteiger charge is -2.17. The molecule has 0 heterocycles. The van der Waals surface area contributed by atoms with Gasteiger partial charge >= 0.3 is 0 Å². The summed E-state index contributed by atoms with van der Waals surface area (Å²) in [5.41, 5.74) is 4.62. The summed E-state index contributed by atoms with van der Waals surface area (Å²) in [6.45, 7) is 5.59. The van der Waals surface area contributed by atoms with Crippen molar-refractivity contribution in [1.82, 2.24) is 0 Å². The van der Waals surface area contributed by atoms with Crippen LogP contribution in [0.2, 0.25) is 0 Å². The maximum absolute atomic E-state index is 10.5. The number of rotatable bonds is 8. The molecule has 1 atom stereocenters. The standard InChI is InChI=1S/C23H26O3/c1-17(2)22(14-15-24)23(26)13-10-20(19-6-4-3-5-7-19)16-18-8-11-21(25)12-9-18/h3-9,11-12,14,16,23-26H,1,10,13,15H2,2H3/b20-16-,22-14-. The predicted molar refractivity (Wildman–Crippen MR) is 108 cm³/mol. The third-order valence-corrected chi connectivity index (χ3v) is 4.23. The van der Waals surface area contributed by atoms with Crippen LogP contribution in [0.25, 0.3) is 11.6 Å². The van der Waals surface area contributed by atoms with Gasteiger partial charge in [0.2, 0.25) is 0 Å². The van der Waals surface area contributed by atoms with E-state index in [2.05, 4.69) is 12.7 Å². The molecule has 0 fully saturated rings. The quantitative estimate of drug-likeness (QED) is 0.483. The molecule has 0 saturated carbocycles. The number of aromatic hydroxyl groups is 1. The van der Waals surface area contributed by atoms with E-state index >= 15 is 0 Å². The minimum atomic E-state index is -0.674. The summed E-state index contributed by atoms with van der Waals surface area (Å²) in [5, 5.41) is 29.1. The first kappa shape index (κ1) is 19.7. The maximum Gasteiger partial charge on any atom is 0.115 e. The highest BCUT2D eigenvalue weighted by Gasteiger charge is 2.13. The van der Waals surface area contributed by atoms with E-state index in [0.717, 1.165) is 22.3 Å². The third kappa shape index (κ3) is 5.73. The number of benzene rings is 2. The molecule has 0 aliphatic heterocycles. The Morgan fingerprint density at radius 2 is 1.73 bits per heavy atom. The highest BCUT2D eigenvalue weighted by Crippen LogP contribution is 2.26. The van der Waals surface area contributed by atoms with Gasteiger partial charge in [0.15, 0.2) is 0 Å². The lowest BCUT2D eigenvalue weighted by atomic mass is 9.93. The molecule has 0 aromatic heterocycles. The number of hydrogen-bond acceptors (Lipinski definition) is 3. The van der Waals surface area contributed by atoms with Crippen molar-refractivity contribution in [1.29, 1.82) is 0 Å². The molecule has 26 heavy (non-hydrogen) atoms. The first-order valence-corrected chi connectivity index (χ1v) is 8.71. The summed E-state index contributed by atoms with van der Waals surface area (Å²) in [6.07, 6.45) is 4.20. The Balaban J connectivity index is 2.24. The average molecular weight is 350 g/mol. The van der Waals surface area contributed by atoms with Gasteiger partial charge in [-0.25, -0.2) is 0 Å². The van der Waals surface area contributed by atoms with Gasteiger partial charge in [0, 0.05) is 0 Å². The molecule has 0 aliphatic rings. The molecule has 0 radical (unpaired) electrons. The van der Waals surface area contributed by atoms with E-state index in [-0.39, 0.29) is 12.4 Å². The van der Waals surface area contributed by atoms with E-state index in [1.165, 1.54) is 0 Å². The van der Waals surface area contributed by atoms with Crippen LogP contribution < -0.4 is 0 Å². The Morgan fingerprint density at radius 1 is 1.08 bits per heavy atom. The van der Waals surface area contributed by atoms with Gasteiger partial charge in [0.05, 0.1) is 12.7 Å². The fraction of sp³-hybridized carbons (Fsp3) is 0.217. The van der Waals surface area contributed by atoms with Crippen LogP contribution in [0.3, 0.4) is 0 Å². The monoisotopic (exact) mass is 350 g/mol. The predicted octanol–water partition coefficient (Wildman–Crippen LogP) is 4.57. The molecular weight excluding hydrogens is 324 g/mol. The number of phenolic OH excluding ortho intramolecular Hbond substituents is 1. The molecule has 3 N–H and O–H groups in total. The maximum atomic E-state index is 10.5. The fourth-order valence-electron chi connectivity index (χ4n) is 2.86. The van der Waals surface area contributed by atoms with Crippen LogP contribution in [0.4, 0.5) is 0 Å². The van der Waals surface area contributed by atoms with Gasteiger partial charge in [0.1, 0.15) is 5.75 Å².